The SMILES string of the molecule is CC(C)C(/C=C/[C@@H](C)[C@H]1C[C@H](O)C2[C@]3(O)C[C@@H](O)[C@@]4(O)C[C@@H](O)CC[C@]4(C)C3CC[C@@]21C)COS(=O)(=O)O. The molecule has 0 saturated heterocycles. The number of aliphatic hydroxyl groups excluding tert-OH is 3. The minimum atomic E-state index is -4.53. The largest absolute Gasteiger partial charge is 0.397 e. The van der Waals surface area contributed by atoms with E-state index < -0.39 is 56.7 Å². The molecule has 4 saturated carbocycles. The van der Waals surface area contributed by atoms with Crippen molar-refractivity contribution in [1.29, 1.82) is 0 Å². The lowest BCUT2D eigenvalue weighted by molar-refractivity contribution is -0.315. The van der Waals surface area contributed by atoms with Crippen LogP contribution in [0.4, 0.5) is 0 Å². The van der Waals surface area contributed by atoms with E-state index >= 15 is 0 Å². The molecule has 0 aliphatic heterocycles. The normalized spacial score (nSPS) is 48.9. The van der Waals surface area contributed by atoms with Gasteiger partial charge in [0, 0.05) is 30.1 Å². The molecule has 0 aromatic carbocycles. The van der Waals surface area contributed by atoms with Crippen LogP contribution in [0, 0.1) is 46.3 Å². The van der Waals surface area contributed by atoms with Crippen molar-refractivity contribution in [2.24, 2.45) is 46.3 Å². The molecule has 0 heterocycles. The lowest BCUT2D eigenvalue weighted by Gasteiger charge is -2.68. The van der Waals surface area contributed by atoms with E-state index in [9.17, 15) is 34.0 Å². The maximum atomic E-state index is 12.4. The Morgan fingerprint density at radius 1 is 1.00 bits per heavy atom. The Hall–Kier alpha value is -0.590. The van der Waals surface area contributed by atoms with Crippen LogP contribution in [-0.4, -0.2) is 74.6 Å². The Labute approximate surface area is 227 Å². The van der Waals surface area contributed by atoms with Crippen LogP contribution in [0.2, 0.25) is 0 Å². The first kappa shape index (κ1) is 30.4. The summed E-state index contributed by atoms with van der Waals surface area (Å²) < 4.78 is 35.7. The highest BCUT2D eigenvalue weighted by molar-refractivity contribution is 7.80. The molecule has 0 amide bonds. The number of aliphatic hydroxyl groups is 5. The smallest absolute Gasteiger partial charge is 0.393 e. The van der Waals surface area contributed by atoms with Gasteiger partial charge < -0.3 is 25.5 Å². The molecule has 4 rings (SSSR count). The molecule has 4 aliphatic carbocycles. The highest BCUT2D eigenvalue weighted by Crippen LogP contribution is 2.70. The third-order valence-electron chi connectivity index (χ3n) is 11.5. The van der Waals surface area contributed by atoms with Crippen LogP contribution in [0.1, 0.15) is 79.6 Å². The van der Waals surface area contributed by atoms with E-state index in [2.05, 4.69) is 18.0 Å². The minimum absolute atomic E-state index is 0.0117. The van der Waals surface area contributed by atoms with Gasteiger partial charge in [-0.2, -0.15) is 8.42 Å². The second-order valence-electron chi connectivity index (χ2n) is 13.8. The lowest BCUT2D eigenvalue weighted by atomic mass is 9.40. The predicted octanol–water partition coefficient (Wildman–Crippen LogP) is 2.46. The number of rotatable bonds is 7. The lowest BCUT2D eigenvalue weighted by Crippen LogP contribution is -2.75. The molecular weight excluding hydrogens is 512 g/mol. The highest BCUT2D eigenvalue weighted by atomic mass is 32.3. The maximum Gasteiger partial charge on any atom is 0.397 e. The van der Waals surface area contributed by atoms with Crippen LogP contribution >= 0.6 is 0 Å². The second kappa shape index (κ2) is 10.0. The molecular formula is C28H48O9S. The van der Waals surface area contributed by atoms with E-state index in [1.807, 2.05) is 32.9 Å². The van der Waals surface area contributed by atoms with E-state index in [-0.39, 0.29) is 49.0 Å². The van der Waals surface area contributed by atoms with Crippen molar-refractivity contribution in [2.45, 2.75) is 109 Å². The molecule has 220 valence electrons. The maximum absolute atomic E-state index is 12.4. The summed E-state index contributed by atoms with van der Waals surface area (Å²) in [6, 6.07) is 0. The quantitative estimate of drug-likeness (QED) is 0.203. The summed E-state index contributed by atoms with van der Waals surface area (Å²) in [5.41, 5.74) is -4.02. The Kier molecular flexibility index (Phi) is 8.03. The molecule has 0 aromatic rings. The van der Waals surface area contributed by atoms with Gasteiger partial charge in [0.1, 0.15) is 0 Å². The summed E-state index contributed by atoms with van der Waals surface area (Å²) in [6.45, 7) is 9.85. The molecule has 10 heteroatoms. The van der Waals surface area contributed by atoms with Crippen LogP contribution in [0.3, 0.4) is 0 Å². The van der Waals surface area contributed by atoms with Crippen LogP contribution in [0.5, 0.6) is 0 Å². The summed E-state index contributed by atoms with van der Waals surface area (Å²) in [5, 5.41) is 57.0. The summed E-state index contributed by atoms with van der Waals surface area (Å²) >= 11 is 0. The van der Waals surface area contributed by atoms with E-state index in [1.165, 1.54) is 0 Å². The molecule has 38 heavy (non-hydrogen) atoms. The summed E-state index contributed by atoms with van der Waals surface area (Å²) in [4.78, 5) is 0. The average Bonchev–Trinajstić information content (AvgIpc) is 3.06. The molecule has 0 bridgehead atoms. The summed E-state index contributed by atoms with van der Waals surface area (Å²) in [7, 11) is -4.53. The van der Waals surface area contributed by atoms with Gasteiger partial charge in [0.25, 0.3) is 0 Å². The van der Waals surface area contributed by atoms with Crippen molar-refractivity contribution < 1.29 is 42.7 Å². The Morgan fingerprint density at radius 3 is 2.26 bits per heavy atom. The van der Waals surface area contributed by atoms with E-state index in [0.29, 0.717) is 25.7 Å². The van der Waals surface area contributed by atoms with Crippen LogP contribution in [0.15, 0.2) is 12.2 Å². The second-order valence-corrected chi connectivity index (χ2v) is 14.9. The molecule has 3 unspecified atom stereocenters. The van der Waals surface area contributed by atoms with Crippen molar-refractivity contribution in [2.75, 3.05) is 6.61 Å². The Balaban J connectivity index is 1.60. The Bertz CT molecular complexity index is 1020. The van der Waals surface area contributed by atoms with Gasteiger partial charge in [-0.3, -0.25) is 4.55 Å². The van der Waals surface area contributed by atoms with Crippen molar-refractivity contribution >= 4 is 10.4 Å². The fourth-order valence-electron chi connectivity index (χ4n) is 9.39. The number of hydrogen-bond donors (Lipinski definition) is 6. The molecule has 0 aromatic heterocycles. The van der Waals surface area contributed by atoms with Crippen LogP contribution in [-0.2, 0) is 14.6 Å². The zero-order valence-corrected chi connectivity index (χ0v) is 24.1. The molecule has 4 aliphatic rings. The topological polar surface area (TPSA) is 165 Å². The Morgan fingerprint density at radius 2 is 1.66 bits per heavy atom. The summed E-state index contributed by atoms with van der Waals surface area (Å²) in [6.07, 6.45) is 4.25. The van der Waals surface area contributed by atoms with Gasteiger partial charge in [0.15, 0.2) is 0 Å². The van der Waals surface area contributed by atoms with Crippen molar-refractivity contribution in [1.82, 2.24) is 0 Å². The predicted molar refractivity (Wildman–Crippen MR) is 141 cm³/mol. The number of allylic oxidation sites excluding steroid dienone is 1. The first-order valence-electron chi connectivity index (χ1n) is 14.2. The average molecular weight is 561 g/mol. The molecule has 0 radical (unpaired) electrons. The van der Waals surface area contributed by atoms with Crippen LogP contribution < -0.4 is 0 Å². The molecule has 0 spiro atoms. The van der Waals surface area contributed by atoms with Gasteiger partial charge in [0.2, 0.25) is 0 Å². The monoisotopic (exact) mass is 560 g/mol. The molecule has 12 atom stereocenters. The van der Waals surface area contributed by atoms with Gasteiger partial charge in [0.05, 0.1) is 36.1 Å². The molecule has 9 nitrogen and oxygen atoms in total. The van der Waals surface area contributed by atoms with Gasteiger partial charge in [-0.15, -0.1) is 0 Å². The standard InChI is InChI=1S/C28H48O9S/c1-16(2)18(15-37-38(34,35)36)7-6-17(3)20-12-21(30)24-25(20,4)10-9-22-26(5)11-8-19(29)13-28(26,33)23(31)14-27(22,24)32/h6-7,16-24,29-33H,8-15H2,1-5H3,(H,34,35,36)/b7-6+/t17-,18?,19+,20-,21+,22?,23-,24?,25-,26-,27+,28+/m1/s1. The van der Waals surface area contributed by atoms with E-state index in [4.69, 9.17) is 4.55 Å². The molecule has 6 N–H and O–H groups in total. The van der Waals surface area contributed by atoms with Gasteiger partial charge in [-0.1, -0.05) is 46.8 Å². The highest BCUT2D eigenvalue weighted by Gasteiger charge is 2.74. The number of fused-ring (bicyclic) bond motifs is 5. The van der Waals surface area contributed by atoms with E-state index in [1.54, 1.807) is 0 Å². The zero-order chi connectivity index (χ0) is 28.5. The van der Waals surface area contributed by atoms with Crippen molar-refractivity contribution in [3.63, 3.8) is 0 Å². The first-order chi connectivity index (χ1) is 17.4. The first-order valence-corrected chi connectivity index (χ1v) is 15.5. The van der Waals surface area contributed by atoms with Crippen LogP contribution in [0.25, 0.3) is 0 Å². The van der Waals surface area contributed by atoms with Gasteiger partial charge in [-0.05, 0) is 61.2 Å². The fourth-order valence-corrected chi connectivity index (χ4v) is 9.72. The molecule has 4 fully saturated rings. The summed E-state index contributed by atoms with van der Waals surface area (Å²) in [5.74, 6) is -0.888. The van der Waals surface area contributed by atoms with Gasteiger partial charge in [-0.25, -0.2) is 4.18 Å². The van der Waals surface area contributed by atoms with Crippen molar-refractivity contribution in [3.8, 4) is 0 Å². The van der Waals surface area contributed by atoms with Crippen molar-refractivity contribution in [3.05, 3.63) is 12.2 Å². The third kappa shape index (κ3) is 4.81. The number of hydrogen-bond acceptors (Lipinski definition) is 8. The van der Waals surface area contributed by atoms with Gasteiger partial charge >= 0.3 is 10.4 Å². The van der Waals surface area contributed by atoms with E-state index in [0.717, 1.165) is 6.42 Å². The third-order valence-corrected chi connectivity index (χ3v) is 11.9. The fraction of sp³-hybridized carbons (Fsp3) is 0.929. The zero-order valence-electron chi connectivity index (χ0n) is 23.3. The minimum Gasteiger partial charge on any atom is -0.393 e.